The van der Waals surface area contributed by atoms with Gasteiger partial charge < -0.3 is 9.88 Å². The first-order valence-electron chi connectivity index (χ1n) is 7.02. The fourth-order valence-corrected chi connectivity index (χ4v) is 2.29. The van der Waals surface area contributed by atoms with Crippen LogP contribution >= 0.6 is 0 Å². The number of amides is 1. The van der Waals surface area contributed by atoms with Crippen LogP contribution in [0.5, 0.6) is 0 Å². The minimum atomic E-state index is 0.121. The molecular formula is C16H22N2O. The number of hydrogen-bond donors (Lipinski definition) is 1. The van der Waals surface area contributed by atoms with Crippen LogP contribution in [0.2, 0.25) is 0 Å². The Hall–Kier alpha value is -1.77. The van der Waals surface area contributed by atoms with Crippen LogP contribution in [-0.2, 0) is 0 Å². The lowest BCUT2D eigenvalue weighted by Gasteiger charge is -2.24. The van der Waals surface area contributed by atoms with E-state index in [-0.39, 0.29) is 5.91 Å². The van der Waals surface area contributed by atoms with Gasteiger partial charge in [-0.15, -0.1) is 0 Å². The number of fused-ring (bicyclic) bond motifs is 1. The molecule has 1 atom stereocenters. The highest BCUT2D eigenvalue weighted by molar-refractivity contribution is 6.05. The Morgan fingerprint density at radius 3 is 2.79 bits per heavy atom. The summed E-state index contributed by atoms with van der Waals surface area (Å²) in [5, 5.41) is 1.09. The van der Waals surface area contributed by atoms with Gasteiger partial charge in [0.25, 0.3) is 5.91 Å². The highest BCUT2D eigenvalue weighted by Crippen LogP contribution is 2.19. The second kappa shape index (κ2) is 5.91. The number of benzene rings is 1. The predicted octanol–water partition coefficient (Wildman–Crippen LogP) is 3.68. The molecule has 102 valence electrons. The standard InChI is InChI=1S/C16H22N2O/c1-4-12(3)11-18(5-2)16(19)14-8-6-7-13-9-10-17-15(13)14/h6-10,12,17H,4-5,11H2,1-3H3. The SMILES string of the molecule is CCC(C)CN(CC)C(=O)c1cccc2cc[nH]c12. The Balaban J connectivity index is 2.29. The van der Waals surface area contributed by atoms with Crippen molar-refractivity contribution < 1.29 is 4.79 Å². The third kappa shape index (κ3) is 2.80. The van der Waals surface area contributed by atoms with Crippen LogP contribution in [0.1, 0.15) is 37.6 Å². The number of nitrogens with one attached hydrogen (secondary N) is 1. The third-order valence-electron chi connectivity index (χ3n) is 3.72. The van der Waals surface area contributed by atoms with Gasteiger partial charge in [-0.1, -0.05) is 32.4 Å². The molecule has 0 aliphatic rings. The van der Waals surface area contributed by atoms with Crippen LogP contribution in [0.4, 0.5) is 0 Å². The normalized spacial score (nSPS) is 12.6. The van der Waals surface area contributed by atoms with Crippen LogP contribution in [0, 0.1) is 5.92 Å². The van der Waals surface area contributed by atoms with Gasteiger partial charge in [-0.2, -0.15) is 0 Å². The van der Waals surface area contributed by atoms with Crippen molar-refractivity contribution >= 4 is 16.8 Å². The first kappa shape index (κ1) is 13.7. The Morgan fingerprint density at radius 2 is 2.11 bits per heavy atom. The molecule has 3 heteroatoms. The summed E-state index contributed by atoms with van der Waals surface area (Å²) >= 11 is 0. The van der Waals surface area contributed by atoms with E-state index in [1.165, 1.54) is 0 Å². The smallest absolute Gasteiger partial charge is 0.255 e. The van der Waals surface area contributed by atoms with Crippen molar-refractivity contribution in [2.24, 2.45) is 5.92 Å². The number of aromatic nitrogens is 1. The number of rotatable bonds is 5. The van der Waals surface area contributed by atoms with Gasteiger partial charge in [0.15, 0.2) is 0 Å². The first-order chi connectivity index (χ1) is 9.17. The van der Waals surface area contributed by atoms with E-state index < -0.39 is 0 Å². The number of carbonyl (C=O) groups excluding carboxylic acids is 1. The van der Waals surface area contributed by atoms with Crippen molar-refractivity contribution in [3.05, 3.63) is 36.0 Å². The Labute approximate surface area is 114 Å². The minimum Gasteiger partial charge on any atom is -0.361 e. The molecule has 0 saturated carbocycles. The fraction of sp³-hybridized carbons (Fsp3) is 0.438. The maximum absolute atomic E-state index is 12.6. The molecule has 3 nitrogen and oxygen atoms in total. The fourth-order valence-electron chi connectivity index (χ4n) is 2.29. The van der Waals surface area contributed by atoms with E-state index in [1.807, 2.05) is 42.3 Å². The summed E-state index contributed by atoms with van der Waals surface area (Å²) in [5.74, 6) is 0.655. The lowest BCUT2D eigenvalue weighted by Crippen LogP contribution is -2.34. The van der Waals surface area contributed by atoms with Gasteiger partial charge in [-0.25, -0.2) is 0 Å². The molecule has 0 bridgehead atoms. The summed E-state index contributed by atoms with van der Waals surface area (Å²) in [6.07, 6.45) is 2.98. The molecule has 0 radical (unpaired) electrons. The molecule has 0 spiro atoms. The summed E-state index contributed by atoms with van der Waals surface area (Å²) < 4.78 is 0. The molecular weight excluding hydrogens is 236 g/mol. The second-order valence-corrected chi connectivity index (χ2v) is 5.10. The highest BCUT2D eigenvalue weighted by Gasteiger charge is 2.18. The van der Waals surface area contributed by atoms with E-state index in [4.69, 9.17) is 0 Å². The van der Waals surface area contributed by atoms with Gasteiger partial charge in [0.2, 0.25) is 0 Å². The number of para-hydroxylation sites is 1. The number of nitrogens with zero attached hydrogens (tertiary/aromatic N) is 1. The summed E-state index contributed by atoms with van der Waals surface area (Å²) in [6.45, 7) is 7.96. The van der Waals surface area contributed by atoms with E-state index in [0.717, 1.165) is 36.0 Å². The van der Waals surface area contributed by atoms with Crippen LogP contribution in [-0.4, -0.2) is 28.9 Å². The van der Waals surface area contributed by atoms with Crippen LogP contribution in [0.3, 0.4) is 0 Å². The van der Waals surface area contributed by atoms with Gasteiger partial charge in [0.05, 0.1) is 11.1 Å². The number of hydrogen-bond acceptors (Lipinski definition) is 1. The lowest BCUT2D eigenvalue weighted by atomic mass is 10.1. The van der Waals surface area contributed by atoms with Crippen molar-refractivity contribution in [1.29, 1.82) is 0 Å². The molecule has 1 amide bonds. The molecule has 0 saturated heterocycles. The maximum Gasteiger partial charge on any atom is 0.255 e. The molecule has 2 aromatic rings. The van der Waals surface area contributed by atoms with Crippen LogP contribution in [0.15, 0.2) is 30.5 Å². The molecule has 1 aromatic heterocycles. The van der Waals surface area contributed by atoms with Gasteiger partial charge in [0.1, 0.15) is 0 Å². The third-order valence-corrected chi connectivity index (χ3v) is 3.72. The second-order valence-electron chi connectivity index (χ2n) is 5.10. The summed E-state index contributed by atoms with van der Waals surface area (Å²) in [6, 6.07) is 7.87. The number of aromatic amines is 1. The largest absolute Gasteiger partial charge is 0.361 e. The molecule has 1 N–H and O–H groups in total. The lowest BCUT2D eigenvalue weighted by molar-refractivity contribution is 0.0742. The van der Waals surface area contributed by atoms with E-state index in [9.17, 15) is 4.79 Å². The molecule has 0 aliphatic heterocycles. The van der Waals surface area contributed by atoms with Gasteiger partial charge in [0, 0.05) is 24.7 Å². The van der Waals surface area contributed by atoms with E-state index >= 15 is 0 Å². The van der Waals surface area contributed by atoms with Crippen molar-refractivity contribution in [2.45, 2.75) is 27.2 Å². The number of carbonyl (C=O) groups is 1. The molecule has 19 heavy (non-hydrogen) atoms. The highest BCUT2D eigenvalue weighted by atomic mass is 16.2. The summed E-state index contributed by atoms with van der Waals surface area (Å²) in [4.78, 5) is 17.7. The number of H-pyrrole nitrogens is 1. The molecule has 1 unspecified atom stereocenters. The van der Waals surface area contributed by atoms with E-state index in [2.05, 4.69) is 18.8 Å². The van der Waals surface area contributed by atoms with Crippen molar-refractivity contribution in [3.8, 4) is 0 Å². The topological polar surface area (TPSA) is 36.1 Å². The Bertz CT molecular complexity index is 559. The summed E-state index contributed by atoms with van der Waals surface area (Å²) in [7, 11) is 0. The monoisotopic (exact) mass is 258 g/mol. The molecule has 1 aromatic carbocycles. The minimum absolute atomic E-state index is 0.121. The quantitative estimate of drug-likeness (QED) is 0.872. The van der Waals surface area contributed by atoms with Crippen LogP contribution < -0.4 is 0 Å². The van der Waals surface area contributed by atoms with E-state index in [1.54, 1.807) is 0 Å². The first-order valence-corrected chi connectivity index (χ1v) is 7.02. The van der Waals surface area contributed by atoms with Gasteiger partial charge in [-0.3, -0.25) is 4.79 Å². The van der Waals surface area contributed by atoms with Crippen molar-refractivity contribution in [3.63, 3.8) is 0 Å². The average Bonchev–Trinajstić information content (AvgIpc) is 2.91. The predicted molar refractivity (Wildman–Crippen MR) is 79.3 cm³/mol. The summed E-state index contributed by atoms with van der Waals surface area (Å²) in [5.41, 5.74) is 1.71. The zero-order chi connectivity index (χ0) is 13.8. The zero-order valence-electron chi connectivity index (χ0n) is 11.9. The van der Waals surface area contributed by atoms with Crippen LogP contribution in [0.25, 0.3) is 10.9 Å². The molecule has 0 fully saturated rings. The van der Waals surface area contributed by atoms with Gasteiger partial charge >= 0.3 is 0 Å². The maximum atomic E-state index is 12.6. The molecule has 2 rings (SSSR count). The Kier molecular flexibility index (Phi) is 4.25. The van der Waals surface area contributed by atoms with Crippen molar-refractivity contribution in [2.75, 3.05) is 13.1 Å². The average molecular weight is 258 g/mol. The van der Waals surface area contributed by atoms with Gasteiger partial charge in [-0.05, 0) is 25.0 Å². The zero-order valence-corrected chi connectivity index (χ0v) is 11.9. The molecule has 0 aliphatic carbocycles. The van der Waals surface area contributed by atoms with Crippen molar-refractivity contribution in [1.82, 2.24) is 9.88 Å². The van der Waals surface area contributed by atoms with E-state index in [0.29, 0.717) is 5.92 Å². The Morgan fingerprint density at radius 1 is 1.32 bits per heavy atom. The molecule has 1 heterocycles.